The largest absolute Gasteiger partial charge is 0.497 e. The van der Waals surface area contributed by atoms with Gasteiger partial charge in [0.2, 0.25) is 5.91 Å². The third kappa shape index (κ3) is 3.72. The van der Waals surface area contributed by atoms with E-state index in [0.717, 1.165) is 5.56 Å². The zero-order valence-corrected chi connectivity index (χ0v) is 13.0. The van der Waals surface area contributed by atoms with Crippen molar-refractivity contribution in [3.8, 4) is 5.75 Å². The van der Waals surface area contributed by atoms with E-state index in [1.54, 1.807) is 37.7 Å². The van der Waals surface area contributed by atoms with Crippen molar-refractivity contribution in [2.75, 3.05) is 12.4 Å². The van der Waals surface area contributed by atoms with E-state index < -0.39 is 5.92 Å². The van der Waals surface area contributed by atoms with Gasteiger partial charge in [-0.25, -0.2) is 0 Å². The standard InChI is InChI=1S/C16H16N6O2/c1-24-13-6-2-5-12(9-13)18-16(23)14(15-19-21-22-20-15)8-11-4-3-7-17-10-11/h2-7,9-10,14H,8H2,1H3,(H,18,23)(H,19,20,21,22)/t14-/m0/s1. The van der Waals surface area contributed by atoms with Crippen molar-refractivity contribution in [1.82, 2.24) is 25.6 Å². The van der Waals surface area contributed by atoms with Gasteiger partial charge in [0.05, 0.1) is 7.11 Å². The lowest BCUT2D eigenvalue weighted by Crippen LogP contribution is -2.24. The third-order valence-corrected chi connectivity index (χ3v) is 3.49. The molecule has 2 aromatic heterocycles. The molecular formula is C16H16N6O2. The van der Waals surface area contributed by atoms with Crippen molar-refractivity contribution in [3.63, 3.8) is 0 Å². The molecule has 0 unspecified atom stereocenters. The Bertz CT molecular complexity index is 791. The summed E-state index contributed by atoms with van der Waals surface area (Å²) in [6, 6.07) is 10.9. The smallest absolute Gasteiger partial charge is 0.235 e. The summed E-state index contributed by atoms with van der Waals surface area (Å²) in [5.74, 6) is 0.183. The van der Waals surface area contributed by atoms with Crippen LogP contribution < -0.4 is 10.1 Å². The van der Waals surface area contributed by atoms with Gasteiger partial charge in [0.15, 0.2) is 5.82 Å². The maximum Gasteiger partial charge on any atom is 0.235 e. The van der Waals surface area contributed by atoms with Gasteiger partial charge in [0, 0.05) is 24.1 Å². The number of anilines is 1. The number of carbonyl (C=O) groups is 1. The van der Waals surface area contributed by atoms with Crippen LogP contribution in [-0.2, 0) is 11.2 Å². The third-order valence-electron chi connectivity index (χ3n) is 3.49. The van der Waals surface area contributed by atoms with Crippen LogP contribution in [0.5, 0.6) is 5.75 Å². The van der Waals surface area contributed by atoms with Crippen molar-refractivity contribution >= 4 is 11.6 Å². The number of H-pyrrole nitrogens is 1. The number of nitrogens with zero attached hydrogens (tertiary/aromatic N) is 4. The van der Waals surface area contributed by atoms with E-state index in [2.05, 4.69) is 30.9 Å². The lowest BCUT2D eigenvalue weighted by atomic mass is 9.98. The zero-order valence-electron chi connectivity index (χ0n) is 13.0. The molecule has 8 heteroatoms. The Balaban J connectivity index is 1.81. The highest BCUT2D eigenvalue weighted by Gasteiger charge is 2.25. The maximum absolute atomic E-state index is 12.7. The van der Waals surface area contributed by atoms with Crippen LogP contribution in [0.1, 0.15) is 17.3 Å². The van der Waals surface area contributed by atoms with Gasteiger partial charge < -0.3 is 10.1 Å². The highest BCUT2D eigenvalue weighted by Crippen LogP contribution is 2.21. The lowest BCUT2D eigenvalue weighted by Gasteiger charge is -2.14. The number of aromatic nitrogens is 5. The summed E-state index contributed by atoms with van der Waals surface area (Å²) < 4.78 is 5.17. The first-order valence-electron chi connectivity index (χ1n) is 7.33. The maximum atomic E-state index is 12.7. The fraction of sp³-hybridized carbons (Fsp3) is 0.188. The van der Waals surface area contributed by atoms with Crippen molar-refractivity contribution in [1.29, 1.82) is 0 Å². The molecule has 8 nitrogen and oxygen atoms in total. The van der Waals surface area contributed by atoms with Crippen LogP contribution in [0.2, 0.25) is 0 Å². The van der Waals surface area contributed by atoms with E-state index in [-0.39, 0.29) is 5.91 Å². The highest BCUT2D eigenvalue weighted by atomic mass is 16.5. The molecule has 0 aliphatic carbocycles. The molecule has 3 rings (SSSR count). The summed E-state index contributed by atoms with van der Waals surface area (Å²) in [7, 11) is 1.57. The predicted octanol–water partition coefficient (Wildman–Crippen LogP) is 1.57. The van der Waals surface area contributed by atoms with E-state index in [1.165, 1.54) is 0 Å². The Kier molecular flexibility index (Phi) is 4.76. The minimum Gasteiger partial charge on any atom is -0.497 e. The number of tetrazole rings is 1. The van der Waals surface area contributed by atoms with Gasteiger partial charge in [-0.1, -0.05) is 17.3 Å². The van der Waals surface area contributed by atoms with Gasteiger partial charge in [0.25, 0.3) is 0 Å². The van der Waals surface area contributed by atoms with E-state index in [1.807, 2.05) is 18.2 Å². The SMILES string of the molecule is COc1cccc(NC(=O)[C@@H](Cc2cccnc2)c2nn[nH]n2)c1. The predicted molar refractivity (Wildman–Crippen MR) is 86.5 cm³/mol. The first-order valence-corrected chi connectivity index (χ1v) is 7.33. The molecule has 2 heterocycles. The van der Waals surface area contributed by atoms with Crippen molar-refractivity contribution in [2.24, 2.45) is 0 Å². The van der Waals surface area contributed by atoms with Crippen molar-refractivity contribution in [3.05, 3.63) is 60.2 Å². The molecule has 1 amide bonds. The molecule has 3 aromatic rings. The van der Waals surface area contributed by atoms with Crippen LogP contribution in [0.3, 0.4) is 0 Å². The summed E-state index contributed by atoms with van der Waals surface area (Å²) in [6.45, 7) is 0. The van der Waals surface area contributed by atoms with E-state index in [0.29, 0.717) is 23.7 Å². The van der Waals surface area contributed by atoms with Crippen LogP contribution in [0, 0.1) is 0 Å². The first-order chi connectivity index (χ1) is 11.8. The first kappa shape index (κ1) is 15.6. The zero-order chi connectivity index (χ0) is 16.8. The Morgan fingerprint density at radius 2 is 2.25 bits per heavy atom. The summed E-state index contributed by atoms with van der Waals surface area (Å²) >= 11 is 0. The van der Waals surface area contributed by atoms with Gasteiger partial charge in [0.1, 0.15) is 11.7 Å². The molecule has 0 aliphatic heterocycles. The summed E-state index contributed by atoms with van der Waals surface area (Å²) in [5.41, 5.74) is 1.55. The number of aromatic amines is 1. The number of amides is 1. The average Bonchev–Trinajstić information content (AvgIpc) is 3.15. The molecule has 2 N–H and O–H groups in total. The number of methoxy groups -OCH3 is 1. The molecule has 0 saturated heterocycles. The number of pyridine rings is 1. The van der Waals surface area contributed by atoms with Crippen molar-refractivity contribution < 1.29 is 9.53 Å². The number of ether oxygens (including phenoxy) is 1. The fourth-order valence-electron chi connectivity index (χ4n) is 2.30. The number of benzene rings is 1. The Morgan fingerprint density at radius 3 is 2.96 bits per heavy atom. The molecule has 1 aromatic carbocycles. The van der Waals surface area contributed by atoms with E-state index >= 15 is 0 Å². The average molecular weight is 324 g/mol. The Hall–Kier alpha value is -3.29. The van der Waals surface area contributed by atoms with Crippen molar-refractivity contribution in [2.45, 2.75) is 12.3 Å². The molecule has 122 valence electrons. The van der Waals surface area contributed by atoms with Gasteiger partial charge >= 0.3 is 0 Å². The van der Waals surface area contributed by atoms with Gasteiger partial charge in [-0.2, -0.15) is 5.21 Å². The minimum atomic E-state index is -0.584. The van der Waals surface area contributed by atoms with Gasteiger partial charge in [-0.3, -0.25) is 9.78 Å². The molecule has 1 atom stereocenters. The number of carbonyl (C=O) groups excluding carboxylic acids is 1. The number of hydrogen-bond donors (Lipinski definition) is 2. The number of nitrogens with one attached hydrogen (secondary N) is 2. The molecule has 0 fully saturated rings. The summed E-state index contributed by atoms with van der Waals surface area (Å²) in [6.07, 6.45) is 3.82. The molecule has 0 radical (unpaired) electrons. The second-order valence-corrected chi connectivity index (χ2v) is 5.11. The minimum absolute atomic E-state index is 0.228. The molecule has 0 saturated carbocycles. The molecule has 0 aliphatic rings. The molecule has 24 heavy (non-hydrogen) atoms. The van der Waals surface area contributed by atoms with Crippen LogP contribution in [0.4, 0.5) is 5.69 Å². The van der Waals surface area contributed by atoms with Crippen LogP contribution in [-0.4, -0.2) is 38.6 Å². The van der Waals surface area contributed by atoms with Gasteiger partial charge in [-0.15, -0.1) is 10.2 Å². The Morgan fingerprint density at radius 1 is 1.33 bits per heavy atom. The highest BCUT2D eigenvalue weighted by molar-refractivity contribution is 5.95. The Labute approximate surface area is 138 Å². The van der Waals surface area contributed by atoms with Gasteiger partial charge in [-0.05, 0) is 30.2 Å². The number of hydrogen-bond acceptors (Lipinski definition) is 6. The van der Waals surface area contributed by atoms with Crippen LogP contribution in [0.15, 0.2) is 48.8 Å². The topological polar surface area (TPSA) is 106 Å². The van der Waals surface area contributed by atoms with E-state index in [4.69, 9.17) is 4.74 Å². The quantitative estimate of drug-likeness (QED) is 0.713. The van der Waals surface area contributed by atoms with Crippen LogP contribution in [0.25, 0.3) is 0 Å². The summed E-state index contributed by atoms with van der Waals surface area (Å²) in [4.78, 5) is 16.8. The van der Waals surface area contributed by atoms with E-state index in [9.17, 15) is 4.79 Å². The molecule has 0 spiro atoms. The lowest BCUT2D eigenvalue weighted by molar-refractivity contribution is -0.117. The second-order valence-electron chi connectivity index (χ2n) is 5.11. The molecule has 0 bridgehead atoms. The summed E-state index contributed by atoms with van der Waals surface area (Å²) in [5, 5.41) is 16.7. The second kappa shape index (κ2) is 7.32. The molecular weight excluding hydrogens is 308 g/mol. The monoisotopic (exact) mass is 324 g/mol. The number of rotatable bonds is 6. The normalized spacial score (nSPS) is 11.7. The fourth-order valence-corrected chi connectivity index (χ4v) is 2.30. The van der Waals surface area contributed by atoms with Crippen LogP contribution >= 0.6 is 0 Å².